The van der Waals surface area contributed by atoms with E-state index in [0.29, 0.717) is 0 Å². The van der Waals surface area contributed by atoms with Gasteiger partial charge in [-0.05, 0) is 174 Å². The Morgan fingerprint density at radius 3 is 1.12 bits per heavy atom. The summed E-state index contributed by atoms with van der Waals surface area (Å²) >= 11 is 9.22. The third-order valence-electron chi connectivity index (χ3n) is 0.918. The molecule has 0 fully saturated rings. The van der Waals surface area contributed by atoms with E-state index in [-0.39, 0.29) is 0 Å². The standard InChI is InChI=1S/C3H6S22/c1-2-3(4)6-8-10-12-14-16-18-20-22-24-25-23-21-19-17-15-13-11-9-7-5/h5H,2H2,1H3. The molecule has 0 nitrogen and oxygen atoms in total. The van der Waals surface area contributed by atoms with E-state index in [4.69, 9.17) is 12.2 Å². The summed E-state index contributed by atoms with van der Waals surface area (Å²) in [4.78, 5) is 0. The lowest BCUT2D eigenvalue weighted by atomic mass is 10.6. The first-order chi connectivity index (χ1) is 12.3. The first-order valence-electron chi connectivity index (χ1n) is 4.82. The second-order valence-corrected chi connectivity index (χ2v) is 37.8. The highest BCUT2D eigenvalue weighted by atomic mass is 34.1. The highest BCUT2D eigenvalue weighted by molar-refractivity contribution is 9.59. The van der Waals surface area contributed by atoms with E-state index >= 15 is 0 Å². The molecule has 22 heteroatoms. The number of hydrogen-bond acceptors (Lipinski definition) is 22. The molecule has 0 N–H and O–H groups in total. The first kappa shape index (κ1) is 32.4. The molecule has 0 unspecified atom stereocenters. The molecular weight excluding hydrogens is 742 g/mol. The Balaban J connectivity index is 2.99. The van der Waals surface area contributed by atoms with Gasteiger partial charge in [0.1, 0.15) is 0 Å². The molecule has 0 aromatic carbocycles. The van der Waals surface area contributed by atoms with Crippen LogP contribution >= 0.6 is 221 Å². The summed E-state index contributed by atoms with van der Waals surface area (Å²) in [7, 11) is 35.4. The minimum atomic E-state index is 0.973. The fourth-order valence-corrected chi connectivity index (χ4v) is 50.5. The zero-order valence-electron chi connectivity index (χ0n) is 11.2. The third-order valence-corrected chi connectivity index (χ3v) is 43.9. The van der Waals surface area contributed by atoms with Crippen molar-refractivity contribution in [2.24, 2.45) is 0 Å². The second-order valence-electron chi connectivity index (χ2n) is 2.11. The lowest BCUT2D eigenvalue weighted by Crippen LogP contribution is -1.75. The summed E-state index contributed by atoms with van der Waals surface area (Å²) in [6.45, 7) is 2.10. The molecule has 0 aliphatic rings. The van der Waals surface area contributed by atoms with Crippen LogP contribution in [-0.2, 0) is 0 Å². The number of thiol groups is 1. The Morgan fingerprint density at radius 1 is 0.560 bits per heavy atom. The van der Waals surface area contributed by atoms with Gasteiger partial charge in [0, 0.05) is 29.5 Å². The van der Waals surface area contributed by atoms with Crippen molar-refractivity contribution in [3.8, 4) is 0 Å². The fourth-order valence-electron chi connectivity index (χ4n) is 0.305. The van der Waals surface area contributed by atoms with E-state index < -0.39 is 0 Å². The molecule has 0 saturated heterocycles. The quantitative estimate of drug-likeness (QED) is 0.0543. The van der Waals surface area contributed by atoms with Gasteiger partial charge in [-0.3, -0.25) is 0 Å². The van der Waals surface area contributed by atoms with Gasteiger partial charge in [0.25, 0.3) is 0 Å². The molecule has 0 aliphatic heterocycles. The van der Waals surface area contributed by atoms with Crippen LogP contribution in [0.2, 0.25) is 0 Å². The van der Waals surface area contributed by atoms with Crippen LogP contribution in [-0.4, -0.2) is 4.20 Å². The molecule has 150 valence electrons. The summed E-state index contributed by atoms with van der Waals surface area (Å²) in [6.07, 6.45) is 0.973. The maximum atomic E-state index is 5.15. The summed E-state index contributed by atoms with van der Waals surface area (Å²) < 4.78 is 1.07. The molecule has 0 bridgehead atoms. The summed E-state index contributed by atoms with van der Waals surface area (Å²) in [6, 6.07) is 0. The van der Waals surface area contributed by atoms with Crippen LogP contribution in [0.4, 0.5) is 0 Å². The topological polar surface area (TPSA) is 0 Å². The molecule has 0 amide bonds. The van der Waals surface area contributed by atoms with E-state index in [9.17, 15) is 0 Å². The summed E-state index contributed by atoms with van der Waals surface area (Å²) in [5.74, 6) is 0. The minimum absolute atomic E-state index is 0.973. The zero-order valence-corrected chi connectivity index (χ0v) is 29.3. The molecule has 0 rings (SSSR count). The van der Waals surface area contributed by atoms with E-state index in [2.05, 4.69) is 18.6 Å². The maximum Gasteiger partial charge on any atom is 0.0593 e. The molecule has 0 aromatic rings. The van der Waals surface area contributed by atoms with Gasteiger partial charge in [-0.25, -0.2) is 0 Å². The van der Waals surface area contributed by atoms with Crippen LogP contribution in [0, 0.1) is 0 Å². The van der Waals surface area contributed by atoms with Crippen molar-refractivity contribution in [2.45, 2.75) is 13.3 Å². The van der Waals surface area contributed by atoms with Crippen LogP contribution in [0.1, 0.15) is 13.3 Å². The number of rotatable bonds is 20. The van der Waals surface area contributed by atoms with Crippen LogP contribution in [0.3, 0.4) is 0 Å². The summed E-state index contributed by atoms with van der Waals surface area (Å²) in [5.41, 5.74) is 0. The van der Waals surface area contributed by atoms with Crippen molar-refractivity contribution < 1.29 is 0 Å². The Morgan fingerprint density at radius 2 is 0.840 bits per heavy atom. The average molecular weight is 748 g/mol. The highest BCUT2D eigenvalue weighted by Crippen LogP contribution is 2.65. The number of hydrogen-bond donors (Lipinski definition) is 1. The molecule has 0 saturated carbocycles. The van der Waals surface area contributed by atoms with Crippen LogP contribution in [0.15, 0.2) is 0 Å². The van der Waals surface area contributed by atoms with Crippen molar-refractivity contribution in [1.29, 1.82) is 0 Å². The predicted molar refractivity (Wildman–Crippen MR) is 184 cm³/mol. The fraction of sp³-hybridized carbons (Fsp3) is 0.667. The van der Waals surface area contributed by atoms with Crippen molar-refractivity contribution in [2.75, 3.05) is 0 Å². The largest absolute Gasteiger partial charge is 0.0988 e. The SMILES string of the molecule is CCC(=S)SSSSSSSSSSSSSSSSSSSSS. The van der Waals surface area contributed by atoms with Gasteiger partial charge in [0.05, 0.1) is 4.20 Å². The van der Waals surface area contributed by atoms with E-state index in [0.717, 1.165) is 10.6 Å². The Hall–Kier alpha value is 7.44. The van der Waals surface area contributed by atoms with Gasteiger partial charge in [0.15, 0.2) is 0 Å². The Labute approximate surface area is 233 Å². The summed E-state index contributed by atoms with van der Waals surface area (Å²) in [5, 5.41) is 0. The van der Waals surface area contributed by atoms with E-state index in [1.165, 1.54) is 9.83 Å². The molecule has 0 aliphatic carbocycles. The maximum absolute atomic E-state index is 5.15. The average Bonchev–Trinajstić information content (AvgIpc) is 2.63. The van der Waals surface area contributed by atoms with Gasteiger partial charge < -0.3 is 0 Å². The van der Waals surface area contributed by atoms with Crippen molar-refractivity contribution >= 4 is 226 Å². The highest BCUT2D eigenvalue weighted by Gasteiger charge is 2.01. The van der Waals surface area contributed by atoms with Crippen molar-refractivity contribution in [3.05, 3.63) is 0 Å². The molecule has 0 heterocycles. The number of thiocarbonyl (C=S) groups is 1. The zero-order chi connectivity index (χ0) is 18.4. The minimum Gasteiger partial charge on any atom is -0.0988 e. The molecule has 0 spiro atoms. The van der Waals surface area contributed by atoms with Gasteiger partial charge in [-0.15, -0.1) is 0 Å². The monoisotopic (exact) mass is 745 g/mol. The van der Waals surface area contributed by atoms with E-state index in [1.807, 2.05) is 68.8 Å². The molecule has 25 heavy (non-hydrogen) atoms. The van der Waals surface area contributed by atoms with Crippen molar-refractivity contribution in [3.63, 3.8) is 0 Å². The Kier molecular flexibility index (Phi) is 38.2. The lowest BCUT2D eigenvalue weighted by molar-refractivity contribution is 1.35. The Bertz CT molecular complexity index is 266. The van der Waals surface area contributed by atoms with Crippen LogP contribution in [0.25, 0.3) is 0 Å². The van der Waals surface area contributed by atoms with Gasteiger partial charge in [-0.2, -0.15) is 0 Å². The van der Waals surface area contributed by atoms with Crippen LogP contribution in [0.5, 0.6) is 0 Å². The molecule has 0 radical (unpaired) electrons. The van der Waals surface area contributed by atoms with Crippen molar-refractivity contribution in [1.82, 2.24) is 0 Å². The first-order valence-corrected chi connectivity index (χ1v) is 32.4. The van der Waals surface area contributed by atoms with Gasteiger partial charge in [-0.1, -0.05) is 30.8 Å². The van der Waals surface area contributed by atoms with Crippen LogP contribution < -0.4 is 0 Å². The molecular formula is C3H6S22. The van der Waals surface area contributed by atoms with Gasteiger partial charge in [0.2, 0.25) is 0 Å². The normalized spacial score (nSPS) is 11.1. The lowest BCUT2D eigenvalue weighted by Gasteiger charge is -1.99. The predicted octanol–water partition coefficient (Wildman–Crippen LogP) is 14.6. The second kappa shape index (κ2) is 29.5. The van der Waals surface area contributed by atoms with Gasteiger partial charge >= 0.3 is 0 Å². The smallest absolute Gasteiger partial charge is 0.0593 e. The molecule has 0 atom stereocenters. The third kappa shape index (κ3) is 29.4. The molecule has 0 aromatic heterocycles. The van der Waals surface area contributed by atoms with E-state index in [1.54, 1.807) is 119 Å².